The van der Waals surface area contributed by atoms with E-state index in [4.69, 9.17) is 16.7 Å². The van der Waals surface area contributed by atoms with Crippen LogP contribution >= 0.6 is 27.5 Å². The number of carbonyl (C=O) groups is 2. The first-order valence-electron chi connectivity index (χ1n) is 6.02. The number of rotatable bonds is 5. The van der Waals surface area contributed by atoms with Crippen molar-refractivity contribution in [3.63, 3.8) is 0 Å². The van der Waals surface area contributed by atoms with E-state index in [0.717, 1.165) is 0 Å². The van der Waals surface area contributed by atoms with Gasteiger partial charge in [0, 0.05) is 16.0 Å². The van der Waals surface area contributed by atoms with Crippen molar-refractivity contribution in [3.8, 4) is 0 Å². The Morgan fingerprint density at radius 1 is 1.45 bits per heavy atom. The average Bonchev–Trinajstić information content (AvgIpc) is 2.40. The predicted molar refractivity (Wildman–Crippen MR) is 82.2 cm³/mol. The molecule has 110 valence electrons. The Bertz CT molecular complexity index is 524. The molecule has 2 amide bonds. The van der Waals surface area contributed by atoms with Crippen LogP contribution in [0.5, 0.6) is 0 Å². The fourth-order valence-corrected chi connectivity index (χ4v) is 1.90. The van der Waals surface area contributed by atoms with Gasteiger partial charge in [-0.05, 0) is 47.5 Å². The van der Waals surface area contributed by atoms with Crippen molar-refractivity contribution in [2.75, 3.05) is 11.9 Å². The van der Waals surface area contributed by atoms with Crippen molar-refractivity contribution in [2.24, 2.45) is 5.41 Å². The summed E-state index contributed by atoms with van der Waals surface area (Å²) in [4.78, 5) is 22.9. The molecular formula is C13H16BrClN2O3. The Labute approximate surface area is 130 Å². The molecule has 7 heteroatoms. The molecular weight excluding hydrogens is 348 g/mol. The van der Waals surface area contributed by atoms with Gasteiger partial charge in [-0.2, -0.15) is 0 Å². The van der Waals surface area contributed by atoms with Crippen LogP contribution in [0.2, 0.25) is 5.02 Å². The number of carboxylic acid groups (broad SMARTS) is 1. The molecule has 1 aromatic rings. The first-order valence-corrected chi connectivity index (χ1v) is 7.19. The number of carboxylic acids is 1. The zero-order chi connectivity index (χ0) is 15.3. The van der Waals surface area contributed by atoms with Crippen molar-refractivity contribution < 1.29 is 14.7 Å². The number of carbonyl (C=O) groups excluding carboxylic acids is 1. The molecule has 1 atom stereocenters. The molecule has 0 saturated carbocycles. The number of aliphatic carboxylic acids is 1. The summed E-state index contributed by atoms with van der Waals surface area (Å²) < 4.78 is 0.688. The molecule has 5 nitrogen and oxygen atoms in total. The Hall–Kier alpha value is -1.27. The van der Waals surface area contributed by atoms with E-state index in [-0.39, 0.29) is 6.54 Å². The Balaban J connectivity index is 2.65. The van der Waals surface area contributed by atoms with Crippen LogP contribution in [0.25, 0.3) is 0 Å². The van der Waals surface area contributed by atoms with Crippen LogP contribution < -0.4 is 10.6 Å². The van der Waals surface area contributed by atoms with E-state index in [1.807, 2.05) is 0 Å². The number of hydrogen-bond acceptors (Lipinski definition) is 2. The lowest BCUT2D eigenvalue weighted by molar-refractivity contribution is -0.147. The third kappa shape index (κ3) is 4.38. The van der Waals surface area contributed by atoms with Crippen LogP contribution in [-0.2, 0) is 4.79 Å². The topological polar surface area (TPSA) is 78.4 Å². The van der Waals surface area contributed by atoms with Gasteiger partial charge in [-0.15, -0.1) is 0 Å². The summed E-state index contributed by atoms with van der Waals surface area (Å²) in [6, 6.07) is 4.52. The molecule has 0 heterocycles. The lowest BCUT2D eigenvalue weighted by Gasteiger charge is -2.23. The third-order valence-electron chi connectivity index (χ3n) is 3.11. The maximum absolute atomic E-state index is 11.8. The van der Waals surface area contributed by atoms with Crippen molar-refractivity contribution in [1.29, 1.82) is 0 Å². The molecule has 1 rings (SSSR count). The van der Waals surface area contributed by atoms with Gasteiger partial charge in [-0.1, -0.05) is 18.5 Å². The summed E-state index contributed by atoms with van der Waals surface area (Å²) in [5.74, 6) is -0.941. The summed E-state index contributed by atoms with van der Waals surface area (Å²) in [7, 11) is 0. The van der Waals surface area contributed by atoms with Gasteiger partial charge >= 0.3 is 12.0 Å². The van der Waals surface area contributed by atoms with E-state index in [1.165, 1.54) is 0 Å². The minimum Gasteiger partial charge on any atom is -0.481 e. The fourth-order valence-electron chi connectivity index (χ4n) is 1.39. The van der Waals surface area contributed by atoms with Gasteiger partial charge in [0.15, 0.2) is 0 Å². The molecule has 3 N–H and O–H groups in total. The van der Waals surface area contributed by atoms with E-state index in [0.29, 0.717) is 21.6 Å². The van der Waals surface area contributed by atoms with E-state index in [2.05, 4.69) is 26.6 Å². The molecule has 0 aliphatic heterocycles. The Morgan fingerprint density at radius 3 is 2.65 bits per heavy atom. The summed E-state index contributed by atoms with van der Waals surface area (Å²) in [6.07, 6.45) is 0.420. The van der Waals surface area contributed by atoms with E-state index in [9.17, 15) is 9.59 Å². The van der Waals surface area contributed by atoms with Crippen LogP contribution in [0, 0.1) is 5.41 Å². The van der Waals surface area contributed by atoms with Gasteiger partial charge in [0.05, 0.1) is 11.1 Å². The van der Waals surface area contributed by atoms with Crippen molar-refractivity contribution in [3.05, 3.63) is 27.7 Å². The lowest BCUT2D eigenvalue weighted by Crippen LogP contribution is -2.42. The fraction of sp³-hybridized carbons (Fsp3) is 0.385. The average molecular weight is 364 g/mol. The van der Waals surface area contributed by atoms with E-state index < -0.39 is 17.4 Å². The maximum Gasteiger partial charge on any atom is 0.319 e. The molecule has 0 fully saturated rings. The zero-order valence-electron chi connectivity index (χ0n) is 11.2. The quantitative estimate of drug-likeness (QED) is 0.746. The first kappa shape index (κ1) is 16.8. The van der Waals surface area contributed by atoms with Crippen LogP contribution in [0.4, 0.5) is 10.5 Å². The summed E-state index contributed by atoms with van der Waals surface area (Å²) in [5.41, 5.74) is -0.466. The SMILES string of the molecule is CCC(C)(CNC(=O)Nc1cc(Cl)ccc1Br)C(=O)O. The molecule has 1 unspecified atom stereocenters. The number of urea groups is 1. The van der Waals surface area contributed by atoms with Gasteiger partial charge in [-0.25, -0.2) is 4.79 Å². The smallest absolute Gasteiger partial charge is 0.319 e. The number of halogens is 2. The highest BCUT2D eigenvalue weighted by molar-refractivity contribution is 9.10. The molecule has 0 saturated heterocycles. The number of amides is 2. The Morgan fingerprint density at radius 2 is 2.10 bits per heavy atom. The summed E-state index contributed by atoms with van der Waals surface area (Å²) in [6.45, 7) is 3.40. The van der Waals surface area contributed by atoms with Crippen LogP contribution in [0.1, 0.15) is 20.3 Å². The van der Waals surface area contributed by atoms with Crippen molar-refractivity contribution >= 4 is 45.2 Å². The molecule has 1 aromatic carbocycles. The molecule has 0 aliphatic rings. The minimum atomic E-state index is -0.983. The second-order valence-electron chi connectivity index (χ2n) is 4.65. The van der Waals surface area contributed by atoms with Crippen molar-refractivity contribution in [1.82, 2.24) is 5.32 Å². The standard InChI is InChI=1S/C13H16BrClN2O3/c1-3-13(2,11(18)19)7-16-12(20)17-10-6-8(15)4-5-9(10)14/h4-6H,3,7H2,1-2H3,(H,18,19)(H2,16,17,20). The lowest BCUT2D eigenvalue weighted by atomic mass is 9.88. The highest BCUT2D eigenvalue weighted by Crippen LogP contribution is 2.26. The summed E-state index contributed by atoms with van der Waals surface area (Å²) in [5, 5.41) is 14.8. The number of nitrogens with one attached hydrogen (secondary N) is 2. The largest absolute Gasteiger partial charge is 0.481 e. The third-order valence-corrected chi connectivity index (χ3v) is 4.04. The zero-order valence-corrected chi connectivity index (χ0v) is 13.5. The number of anilines is 1. The van der Waals surface area contributed by atoms with E-state index in [1.54, 1.807) is 32.0 Å². The van der Waals surface area contributed by atoms with Gasteiger partial charge in [0.2, 0.25) is 0 Å². The van der Waals surface area contributed by atoms with Crippen LogP contribution in [0.3, 0.4) is 0 Å². The minimum absolute atomic E-state index is 0.0445. The molecule has 0 aliphatic carbocycles. The second kappa shape index (κ2) is 6.95. The molecule has 0 radical (unpaired) electrons. The van der Waals surface area contributed by atoms with Gasteiger partial charge in [0.25, 0.3) is 0 Å². The summed E-state index contributed by atoms with van der Waals surface area (Å²) >= 11 is 9.13. The number of hydrogen-bond donors (Lipinski definition) is 3. The second-order valence-corrected chi connectivity index (χ2v) is 5.94. The molecule has 0 bridgehead atoms. The first-order chi connectivity index (χ1) is 9.28. The predicted octanol–water partition coefficient (Wildman–Crippen LogP) is 3.72. The number of benzene rings is 1. The van der Waals surface area contributed by atoms with Gasteiger partial charge < -0.3 is 15.7 Å². The molecule has 0 aromatic heterocycles. The highest BCUT2D eigenvalue weighted by atomic mass is 79.9. The Kier molecular flexibility index (Phi) is 5.83. The van der Waals surface area contributed by atoms with E-state index >= 15 is 0 Å². The maximum atomic E-state index is 11.8. The van der Waals surface area contributed by atoms with Gasteiger partial charge in [-0.3, -0.25) is 4.79 Å². The highest BCUT2D eigenvalue weighted by Gasteiger charge is 2.31. The molecule has 20 heavy (non-hydrogen) atoms. The molecule has 0 spiro atoms. The van der Waals surface area contributed by atoms with Gasteiger partial charge in [0.1, 0.15) is 0 Å². The van der Waals surface area contributed by atoms with Crippen LogP contribution in [0.15, 0.2) is 22.7 Å². The normalized spacial score (nSPS) is 13.4. The monoisotopic (exact) mass is 362 g/mol. The van der Waals surface area contributed by atoms with Crippen molar-refractivity contribution in [2.45, 2.75) is 20.3 Å². The van der Waals surface area contributed by atoms with Crippen LogP contribution in [-0.4, -0.2) is 23.7 Å².